The molecular formula is C17H35BN3O3S2. The van der Waals surface area contributed by atoms with Crippen LogP contribution in [0.1, 0.15) is 33.1 Å². The molecule has 0 fully saturated rings. The molecular weight excluding hydrogens is 369 g/mol. The zero-order valence-corrected chi connectivity index (χ0v) is 18.1. The Morgan fingerprint density at radius 2 is 2.00 bits per heavy atom. The van der Waals surface area contributed by atoms with Crippen LogP contribution >= 0.6 is 21.6 Å². The maximum Gasteiger partial charge on any atom is 0.220 e. The van der Waals surface area contributed by atoms with Gasteiger partial charge in [-0.25, -0.2) is 0 Å². The van der Waals surface area contributed by atoms with Crippen molar-refractivity contribution in [3.63, 3.8) is 0 Å². The summed E-state index contributed by atoms with van der Waals surface area (Å²) in [4.78, 5) is 11.7. The normalized spacial score (nSPS) is 11.4. The van der Waals surface area contributed by atoms with Gasteiger partial charge in [0.1, 0.15) is 13.2 Å². The number of carbonyl (C=O) groups is 1. The molecule has 1 radical (unpaired) electrons. The molecule has 1 amide bonds. The van der Waals surface area contributed by atoms with Crippen molar-refractivity contribution in [2.75, 3.05) is 51.6 Å². The fourth-order valence-electron chi connectivity index (χ4n) is 1.75. The van der Waals surface area contributed by atoms with E-state index in [0.717, 1.165) is 25.1 Å². The lowest BCUT2D eigenvalue weighted by atomic mass is 9.66. The van der Waals surface area contributed by atoms with Crippen molar-refractivity contribution >= 4 is 34.8 Å². The van der Waals surface area contributed by atoms with Crippen LogP contribution in [-0.2, 0) is 14.3 Å². The molecule has 0 aliphatic rings. The lowest BCUT2D eigenvalue weighted by Gasteiger charge is -2.06. The van der Waals surface area contributed by atoms with E-state index in [1.807, 2.05) is 19.1 Å². The summed E-state index contributed by atoms with van der Waals surface area (Å²) >= 11 is 0. The predicted molar refractivity (Wildman–Crippen MR) is 116 cm³/mol. The van der Waals surface area contributed by atoms with Crippen LogP contribution in [0.15, 0.2) is 12.1 Å². The molecule has 0 saturated carbocycles. The SMILES string of the molecule is CNNCCSSCOCCCCC(=O)NCCOC/C=C/[B]C(C)C. The molecule has 0 unspecified atom stereocenters. The summed E-state index contributed by atoms with van der Waals surface area (Å²) in [7, 11) is 7.49. The number of rotatable bonds is 19. The average Bonchev–Trinajstić information content (AvgIpc) is 2.61. The highest BCUT2D eigenvalue weighted by Gasteiger charge is 2.00. The van der Waals surface area contributed by atoms with Gasteiger partial charge in [-0.15, -0.1) is 5.98 Å². The minimum absolute atomic E-state index is 0.0826. The summed E-state index contributed by atoms with van der Waals surface area (Å²) < 4.78 is 11.0. The first-order valence-electron chi connectivity index (χ1n) is 9.23. The molecule has 0 aliphatic carbocycles. The lowest BCUT2D eigenvalue weighted by Crippen LogP contribution is -2.29. The van der Waals surface area contributed by atoms with Crippen molar-refractivity contribution in [3.8, 4) is 0 Å². The molecule has 0 heterocycles. The van der Waals surface area contributed by atoms with Crippen LogP contribution in [0, 0.1) is 0 Å². The summed E-state index contributed by atoms with van der Waals surface area (Å²) in [6.45, 7) is 7.60. The van der Waals surface area contributed by atoms with Crippen LogP contribution in [0.4, 0.5) is 0 Å². The third-order valence-electron chi connectivity index (χ3n) is 3.06. The molecule has 0 aliphatic heterocycles. The van der Waals surface area contributed by atoms with Gasteiger partial charge in [-0.2, -0.15) is 0 Å². The average molecular weight is 404 g/mol. The largest absolute Gasteiger partial charge is 0.376 e. The van der Waals surface area contributed by atoms with Gasteiger partial charge in [0.05, 0.1) is 13.2 Å². The van der Waals surface area contributed by atoms with E-state index < -0.39 is 0 Å². The third-order valence-corrected chi connectivity index (χ3v) is 5.15. The number of unbranched alkanes of at least 4 members (excludes halogenated alkanes) is 1. The van der Waals surface area contributed by atoms with Crippen LogP contribution in [0.5, 0.6) is 0 Å². The molecule has 3 N–H and O–H groups in total. The molecule has 0 rings (SSSR count). The van der Waals surface area contributed by atoms with Gasteiger partial charge in [0.15, 0.2) is 0 Å². The fourth-order valence-corrected chi connectivity index (χ4v) is 3.32. The van der Waals surface area contributed by atoms with E-state index in [1.165, 1.54) is 0 Å². The highest BCUT2D eigenvalue weighted by Crippen LogP contribution is 2.20. The summed E-state index contributed by atoms with van der Waals surface area (Å²) in [5.41, 5.74) is 5.92. The minimum atomic E-state index is 0.0826. The molecule has 0 aromatic rings. The highest BCUT2D eigenvalue weighted by atomic mass is 33.1. The molecule has 0 spiro atoms. The highest BCUT2D eigenvalue weighted by molar-refractivity contribution is 8.76. The number of carbonyl (C=O) groups excluding carboxylic acids is 1. The van der Waals surface area contributed by atoms with Crippen molar-refractivity contribution in [1.82, 2.24) is 16.2 Å². The monoisotopic (exact) mass is 404 g/mol. The van der Waals surface area contributed by atoms with E-state index in [1.54, 1.807) is 21.6 Å². The third kappa shape index (κ3) is 21.9. The maximum absolute atomic E-state index is 11.7. The first kappa shape index (κ1) is 25.8. The topological polar surface area (TPSA) is 71.6 Å². The number of hydrogen-bond acceptors (Lipinski definition) is 7. The summed E-state index contributed by atoms with van der Waals surface area (Å²) in [5.74, 6) is 4.38. The summed E-state index contributed by atoms with van der Waals surface area (Å²) in [6, 6.07) is 0. The van der Waals surface area contributed by atoms with Gasteiger partial charge >= 0.3 is 0 Å². The molecule has 9 heteroatoms. The van der Waals surface area contributed by atoms with E-state index in [0.29, 0.717) is 44.5 Å². The zero-order valence-electron chi connectivity index (χ0n) is 16.4. The Morgan fingerprint density at radius 1 is 1.15 bits per heavy atom. The Labute approximate surface area is 168 Å². The van der Waals surface area contributed by atoms with Crippen LogP contribution in [-0.4, -0.2) is 64.8 Å². The van der Waals surface area contributed by atoms with Crippen molar-refractivity contribution in [1.29, 1.82) is 0 Å². The summed E-state index contributed by atoms with van der Waals surface area (Å²) in [6.07, 6.45) is 4.29. The quantitative estimate of drug-likeness (QED) is 0.100. The van der Waals surface area contributed by atoms with Crippen molar-refractivity contribution in [2.45, 2.75) is 38.9 Å². The van der Waals surface area contributed by atoms with E-state index in [2.05, 4.69) is 37.3 Å². The van der Waals surface area contributed by atoms with Crippen LogP contribution < -0.4 is 16.2 Å². The van der Waals surface area contributed by atoms with Crippen LogP contribution in [0.2, 0.25) is 5.82 Å². The standard InChI is InChI=1S/C17H35BN3O3S2/c1-16(2)18-8-6-12-23-13-9-20-17(22)7-4-5-11-24-15-26-25-14-10-21-19-3/h6,8,16,19,21H,4-5,7,9-15H2,1-3H3,(H,20,22)/b8-6+. The van der Waals surface area contributed by atoms with E-state index >= 15 is 0 Å². The van der Waals surface area contributed by atoms with Crippen LogP contribution in [0.25, 0.3) is 0 Å². The van der Waals surface area contributed by atoms with E-state index in [4.69, 9.17) is 9.47 Å². The Balaban J connectivity index is 3.21. The summed E-state index contributed by atoms with van der Waals surface area (Å²) in [5, 5.41) is 2.87. The second-order valence-corrected chi connectivity index (χ2v) is 8.42. The van der Waals surface area contributed by atoms with Gasteiger partial charge in [-0.05, 0) is 19.9 Å². The first-order valence-corrected chi connectivity index (χ1v) is 11.7. The molecule has 0 bridgehead atoms. The van der Waals surface area contributed by atoms with Gasteiger partial charge in [0.25, 0.3) is 0 Å². The fraction of sp³-hybridized carbons (Fsp3) is 0.824. The number of amides is 1. The van der Waals surface area contributed by atoms with Gasteiger partial charge in [0.2, 0.25) is 5.91 Å². The van der Waals surface area contributed by atoms with Crippen LogP contribution in [0.3, 0.4) is 0 Å². The molecule has 0 saturated heterocycles. The number of hydrazine groups is 1. The number of nitrogens with one attached hydrogen (secondary N) is 3. The van der Waals surface area contributed by atoms with E-state index in [9.17, 15) is 4.79 Å². The first-order chi connectivity index (χ1) is 12.7. The van der Waals surface area contributed by atoms with Crippen molar-refractivity contribution < 1.29 is 14.3 Å². The van der Waals surface area contributed by atoms with Gasteiger partial charge in [-0.3, -0.25) is 15.6 Å². The second-order valence-electron chi connectivity index (χ2n) is 5.89. The molecule has 0 aromatic heterocycles. The molecule has 6 nitrogen and oxygen atoms in total. The Hall–Kier alpha value is -0.185. The smallest absolute Gasteiger partial charge is 0.220 e. The molecule has 0 aromatic carbocycles. The predicted octanol–water partition coefficient (Wildman–Crippen LogP) is 2.42. The number of hydrogen-bond donors (Lipinski definition) is 3. The van der Waals surface area contributed by atoms with Gasteiger partial charge in [-0.1, -0.05) is 47.3 Å². The molecule has 151 valence electrons. The van der Waals surface area contributed by atoms with Gasteiger partial charge < -0.3 is 14.8 Å². The maximum atomic E-state index is 11.7. The molecule has 26 heavy (non-hydrogen) atoms. The zero-order chi connectivity index (χ0) is 19.3. The second kappa shape index (κ2) is 21.1. The Kier molecular flexibility index (Phi) is 21.0. The molecule has 0 atom stereocenters. The van der Waals surface area contributed by atoms with Crippen molar-refractivity contribution in [2.24, 2.45) is 0 Å². The lowest BCUT2D eigenvalue weighted by molar-refractivity contribution is -0.121. The Morgan fingerprint density at radius 3 is 2.77 bits per heavy atom. The number of ether oxygens (including phenoxy) is 2. The Bertz CT molecular complexity index is 351. The van der Waals surface area contributed by atoms with Crippen molar-refractivity contribution in [3.05, 3.63) is 12.1 Å². The van der Waals surface area contributed by atoms with Gasteiger partial charge in [0, 0.05) is 31.9 Å². The van der Waals surface area contributed by atoms with E-state index in [-0.39, 0.29) is 5.91 Å². The minimum Gasteiger partial charge on any atom is -0.376 e.